The number of anilines is 1. The largest absolute Gasteiger partial charge is 0.507 e. The van der Waals surface area contributed by atoms with Gasteiger partial charge in [-0.3, -0.25) is 14.5 Å². The molecule has 3 heterocycles. The van der Waals surface area contributed by atoms with Crippen LogP contribution in [0.4, 0.5) is 5.13 Å². The molecule has 10 heteroatoms. The summed E-state index contributed by atoms with van der Waals surface area (Å²) in [5.41, 5.74) is 4.35. The molecule has 1 saturated heterocycles. The van der Waals surface area contributed by atoms with Gasteiger partial charge in [0.1, 0.15) is 23.4 Å². The van der Waals surface area contributed by atoms with Crippen LogP contribution in [-0.2, 0) is 21.8 Å². The SMILES string of the molecule is Cc1ccc(CSc2nnc(N3C(=O)C(=O)/C(=C(/O)c4ccc5c(c4)C[C@H](C)O5)[C@@H]3c3cccc(OCCC(C)C)c3)s2)cc1. The van der Waals surface area contributed by atoms with Crippen molar-refractivity contribution in [2.45, 2.75) is 62.8 Å². The van der Waals surface area contributed by atoms with E-state index in [0.717, 1.165) is 23.3 Å². The standard InChI is InChI=1S/C35H35N3O5S2/c1-20(2)14-15-42-27-7-5-6-24(18-27)30-29(31(39)25-12-13-28-26(17-25)16-22(4)43-28)32(40)33(41)38(30)34-36-37-35(45-34)44-19-23-10-8-21(3)9-11-23/h5-13,17-18,20,22,30,39H,14-16,19H2,1-4H3/b31-29+/t22-,30-/m0/s1. The number of aromatic nitrogens is 2. The number of ether oxygens (including phenoxy) is 2. The molecule has 1 aromatic heterocycles. The summed E-state index contributed by atoms with van der Waals surface area (Å²) in [6, 6.07) is 20.0. The molecule has 6 rings (SSSR count). The van der Waals surface area contributed by atoms with E-state index in [0.29, 0.717) is 45.9 Å². The number of carbonyl (C=O) groups excluding carboxylic acids is 2. The lowest BCUT2D eigenvalue weighted by Crippen LogP contribution is -2.29. The molecule has 1 amide bonds. The number of rotatable bonds is 10. The molecule has 8 nitrogen and oxygen atoms in total. The molecule has 2 aliphatic heterocycles. The van der Waals surface area contributed by atoms with E-state index in [9.17, 15) is 14.7 Å². The summed E-state index contributed by atoms with van der Waals surface area (Å²) in [7, 11) is 0. The van der Waals surface area contributed by atoms with Crippen molar-refractivity contribution >= 4 is 45.7 Å². The Bertz CT molecular complexity index is 1770. The van der Waals surface area contributed by atoms with Gasteiger partial charge in [-0.2, -0.15) is 0 Å². The molecule has 1 N–H and O–H groups in total. The summed E-state index contributed by atoms with van der Waals surface area (Å²) in [5.74, 6) is 0.757. The third-order valence-electron chi connectivity index (χ3n) is 7.84. The second-order valence-corrected chi connectivity index (χ2v) is 14.0. The molecule has 4 aromatic rings. The highest BCUT2D eigenvalue weighted by molar-refractivity contribution is 8.00. The summed E-state index contributed by atoms with van der Waals surface area (Å²) >= 11 is 2.76. The Morgan fingerprint density at radius 3 is 2.69 bits per heavy atom. The minimum atomic E-state index is -0.926. The second kappa shape index (κ2) is 13.1. The van der Waals surface area contributed by atoms with Crippen molar-refractivity contribution in [2.75, 3.05) is 11.5 Å². The van der Waals surface area contributed by atoms with Gasteiger partial charge < -0.3 is 14.6 Å². The number of hydrogen-bond donors (Lipinski definition) is 1. The van der Waals surface area contributed by atoms with Crippen LogP contribution in [0.2, 0.25) is 0 Å². The fourth-order valence-corrected chi connectivity index (χ4v) is 7.27. The highest BCUT2D eigenvalue weighted by Crippen LogP contribution is 2.45. The quantitative estimate of drug-likeness (QED) is 0.0624. The minimum Gasteiger partial charge on any atom is -0.507 e. The van der Waals surface area contributed by atoms with Crippen molar-refractivity contribution in [3.63, 3.8) is 0 Å². The van der Waals surface area contributed by atoms with E-state index in [1.54, 1.807) is 12.1 Å². The van der Waals surface area contributed by atoms with E-state index in [1.807, 2.05) is 44.2 Å². The van der Waals surface area contributed by atoms with Gasteiger partial charge in [-0.05, 0) is 73.2 Å². The molecule has 0 aliphatic carbocycles. The smallest absolute Gasteiger partial charge is 0.301 e. The lowest BCUT2D eigenvalue weighted by Gasteiger charge is -2.23. The number of aryl methyl sites for hydroxylation is 1. The normalized spacial score (nSPS) is 18.8. The Morgan fingerprint density at radius 1 is 1.11 bits per heavy atom. The van der Waals surface area contributed by atoms with Gasteiger partial charge in [0.2, 0.25) is 5.13 Å². The lowest BCUT2D eigenvalue weighted by molar-refractivity contribution is -0.132. The molecule has 45 heavy (non-hydrogen) atoms. The van der Waals surface area contributed by atoms with E-state index in [4.69, 9.17) is 9.47 Å². The van der Waals surface area contributed by atoms with Gasteiger partial charge in [-0.15, -0.1) is 10.2 Å². The van der Waals surface area contributed by atoms with Crippen LogP contribution in [0.3, 0.4) is 0 Å². The van der Waals surface area contributed by atoms with E-state index >= 15 is 0 Å². The average molecular weight is 642 g/mol. The monoisotopic (exact) mass is 641 g/mol. The Balaban J connectivity index is 1.37. The molecular weight excluding hydrogens is 607 g/mol. The lowest BCUT2D eigenvalue weighted by atomic mass is 9.94. The number of amides is 1. The van der Waals surface area contributed by atoms with E-state index < -0.39 is 17.7 Å². The fraction of sp³-hybridized carbons (Fsp3) is 0.314. The van der Waals surface area contributed by atoms with Crippen LogP contribution < -0.4 is 14.4 Å². The Hall–Kier alpha value is -4.15. The molecule has 232 valence electrons. The fourth-order valence-electron chi connectivity index (χ4n) is 5.44. The first-order chi connectivity index (χ1) is 21.7. The summed E-state index contributed by atoms with van der Waals surface area (Å²) in [6.07, 6.45) is 1.60. The Labute approximate surface area is 271 Å². The van der Waals surface area contributed by atoms with Crippen LogP contribution in [0.15, 0.2) is 76.6 Å². The summed E-state index contributed by atoms with van der Waals surface area (Å²) in [6.45, 7) is 8.83. The number of carbonyl (C=O) groups is 2. The first-order valence-electron chi connectivity index (χ1n) is 15.0. The summed E-state index contributed by atoms with van der Waals surface area (Å²) in [4.78, 5) is 28.8. The van der Waals surface area contributed by atoms with Gasteiger partial charge in [-0.1, -0.05) is 78.9 Å². The van der Waals surface area contributed by atoms with Crippen LogP contribution in [0.5, 0.6) is 11.5 Å². The van der Waals surface area contributed by atoms with Crippen LogP contribution in [0.1, 0.15) is 61.1 Å². The van der Waals surface area contributed by atoms with Crippen molar-refractivity contribution in [1.29, 1.82) is 0 Å². The van der Waals surface area contributed by atoms with Gasteiger partial charge in [0.25, 0.3) is 5.78 Å². The zero-order valence-corrected chi connectivity index (χ0v) is 27.3. The third kappa shape index (κ3) is 6.62. The highest BCUT2D eigenvalue weighted by atomic mass is 32.2. The molecule has 0 radical (unpaired) electrons. The van der Waals surface area contributed by atoms with Crippen LogP contribution >= 0.6 is 23.1 Å². The maximum Gasteiger partial charge on any atom is 0.301 e. The molecule has 3 aromatic carbocycles. The average Bonchev–Trinajstić information content (AvgIpc) is 3.71. The molecule has 2 aliphatic rings. The van der Waals surface area contributed by atoms with E-state index in [1.165, 1.54) is 33.6 Å². The Kier molecular flexibility index (Phi) is 8.96. The Morgan fingerprint density at radius 2 is 1.91 bits per heavy atom. The number of nitrogens with zero attached hydrogens (tertiary/aromatic N) is 3. The zero-order valence-electron chi connectivity index (χ0n) is 25.6. The topological polar surface area (TPSA) is 102 Å². The maximum absolute atomic E-state index is 13.7. The molecule has 0 unspecified atom stereocenters. The number of fused-ring (bicyclic) bond motifs is 1. The van der Waals surface area contributed by atoms with Gasteiger partial charge in [-0.25, -0.2) is 0 Å². The molecule has 1 fully saturated rings. The summed E-state index contributed by atoms with van der Waals surface area (Å²) in [5, 5.41) is 20.7. The van der Waals surface area contributed by atoms with Crippen molar-refractivity contribution in [2.24, 2.45) is 5.92 Å². The van der Waals surface area contributed by atoms with Crippen LogP contribution in [0, 0.1) is 12.8 Å². The van der Waals surface area contributed by atoms with Gasteiger partial charge in [0.15, 0.2) is 4.34 Å². The number of aliphatic hydroxyl groups excluding tert-OH is 1. The van der Waals surface area contributed by atoms with Crippen molar-refractivity contribution in [1.82, 2.24) is 10.2 Å². The van der Waals surface area contributed by atoms with Crippen molar-refractivity contribution in [3.05, 3.63) is 100 Å². The van der Waals surface area contributed by atoms with E-state index in [2.05, 4.69) is 48.3 Å². The van der Waals surface area contributed by atoms with E-state index in [-0.39, 0.29) is 22.6 Å². The van der Waals surface area contributed by atoms with Crippen molar-refractivity contribution < 1.29 is 24.2 Å². The number of aliphatic hydroxyl groups is 1. The van der Waals surface area contributed by atoms with Gasteiger partial charge >= 0.3 is 5.91 Å². The number of hydrogen-bond acceptors (Lipinski definition) is 9. The van der Waals surface area contributed by atoms with Crippen LogP contribution in [-0.4, -0.2) is 39.7 Å². The minimum absolute atomic E-state index is 0.00435. The van der Waals surface area contributed by atoms with Gasteiger partial charge in [0, 0.05) is 17.7 Å². The van der Waals surface area contributed by atoms with Crippen LogP contribution in [0.25, 0.3) is 5.76 Å². The molecule has 0 saturated carbocycles. The molecule has 0 spiro atoms. The van der Waals surface area contributed by atoms with Crippen molar-refractivity contribution in [3.8, 4) is 11.5 Å². The first-order valence-corrected chi connectivity index (χ1v) is 16.8. The second-order valence-electron chi connectivity index (χ2n) is 11.9. The molecule has 0 bridgehead atoms. The predicted octanol–water partition coefficient (Wildman–Crippen LogP) is 7.51. The number of benzene rings is 3. The molecule has 2 atom stereocenters. The number of ketones is 1. The number of Topliss-reactive ketones (excluding diaryl/α,β-unsaturated/α-hetero) is 1. The predicted molar refractivity (Wildman–Crippen MR) is 177 cm³/mol. The maximum atomic E-state index is 13.7. The summed E-state index contributed by atoms with van der Waals surface area (Å²) < 4.78 is 12.5. The number of thioether (sulfide) groups is 1. The highest BCUT2D eigenvalue weighted by Gasteiger charge is 2.48. The first kappa shape index (κ1) is 30.9. The third-order valence-corrected chi connectivity index (χ3v) is 9.96. The zero-order chi connectivity index (χ0) is 31.7. The molecular formula is C35H35N3O5S2. The van der Waals surface area contributed by atoms with Gasteiger partial charge in [0.05, 0.1) is 18.2 Å².